The van der Waals surface area contributed by atoms with Crippen LogP contribution in [0.2, 0.25) is 0 Å². The molecular weight excluding hydrogens is 400 g/mol. The number of ether oxygens (including phenoxy) is 1. The maximum atomic E-state index is 12.1. The van der Waals surface area contributed by atoms with Crippen LogP contribution < -0.4 is 0 Å². The van der Waals surface area contributed by atoms with Crippen molar-refractivity contribution in [2.24, 2.45) is 0 Å². The van der Waals surface area contributed by atoms with E-state index in [0.29, 0.717) is 0 Å². The molecule has 7 heteroatoms. The number of Topliss-reactive ketones (excluding diaryl/α,β-unsaturated/α-hetero) is 6. The maximum Gasteiger partial charge on any atom is 0.136 e. The molecule has 0 spiro atoms. The molecule has 0 heterocycles. The highest BCUT2D eigenvalue weighted by atomic mass is 16.5. The summed E-state index contributed by atoms with van der Waals surface area (Å²) >= 11 is 0. The Morgan fingerprint density at radius 2 is 0.871 bits per heavy atom. The molecule has 2 unspecified atom stereocenters. The molecule has 0 saturated heterocycles. The summed E-state index contributed by atoms with van der Waals surface area (Å²) in [4.78, 5) is 69.4. The molecule has 172 valence electrons. The SMILES string of the molecule is C=CC(CC(=O)CCC(=O)CCC(C)=O)OC(C=C)CC(=O)CCC(=O)CCC(C)=O. The first-order valence-corrected chi connectivity index (χ1v) is 10.5. The van der Waals surface area contributed by atoms with E-state index in [0.717, 1.165) is 0 Å². The molecule has 0 aromatic heterocycles. The summed E-state index contributed by atoms with van der Waals surface area (Å²) in [5.41, 5.74) is 0. The van der Waals surface area contributed by atoms with Crippen molar-refractivity contribution in [1.82, 2.24) is 0 Å². The van der Waals surface area contributed by atoms with Crippen molar-refractivity contribution < 1.29 is 33.5 Å². The van der Waals surface area contributed by atoms with Crippen LogP contribution in [-0.2, 0) is 33.5 Å². The molecule has 0 radical (unpaired) electrons. The average molecular weight is 435 g/mol. The van der Waals surface area contributed by atoms with E-state index in [1.54, 1.807) is 0 Å². The van der Waals surface area contributed by atoms with E-state index in [2.05, 4.69) is 13.2 Å². The van der Waals surface area contributed by atoms with Crippen molar-refractivity contribution in [3.05, 3.63) is 25.3 Å². The zero-order valence-corrected chi connectivity index (χ0v) is 18.7. The third-order valence-corrected chi connectivity index (χ3v) is 4.61. The van der Waals surface area contributed by atoms with E-state index < -0.39 is 12.2 Å². The summed E-state index contributed by atoms with van der Waals surface area (Å²) in [7, 11) is 0. The van der Waals surface area contributed by atoms with E-state index in [9.17, 15) is 28.8 Å². The quantitative estimate of drug-likeness (QED) is 0.270. The Kier molecular flexibility index (Phi) is 14.9. The third kappa shape index (κ3) is 15.9. The molecule has 7 nitrogen and oxygen atoms in total. The number of carbonyl (C=O) groups excluding carboxylic acids is 6. The largest absolute Gasteiger partial charge is 0.366 e. The first kappa shape index (κ1) is 28.5. The number of hydrogen-bond acceptors (Lipinski definition) is 7. The lowest BCUT2D eigenvalue weighted by molar-refractivity contribution is -0.128. The molecule has 0 aliphatic carbocycles. The van der Waals surface area contributed by atoms with Gasteiger partial charge in [-0.05, 0) is 13.8 Å². The van der Waals surface area contributed by atoms with Crippen molar-refractivity contribution in [3.63, 3.8) is 0 Å². The van der Waals surface area contributed by atoms with Gasteiger partial charge >= 0.3 is 0 Å². The fourth-order valence-corrected chi connectivity index (χ4v) is 2.69. The van der Waals surface area contributed by atoms with Crippen LogP contribution in [0.1, 0.15) is 78.1 Å². The van der Waals surface area contributed by atoms with Gasteiger partial charge in [-0.25, -0.2) is 0 Å². The van der Waals surface area contributed by atoms with Crippen LogP contribution >= 0.6 is 0 Å². The smallest absolute Gasteiger partial charge is 0.136 e. The predicted octanol–water partition coefficient (Wildman–Crippen LogP) is 3.47. The second-order valence-electron chi connectivity index (χ2n) is 7.65. The molecule has 0 aliphatic rings. The van der Waals surface area contributed by atoms with Crippen LogP contribution in [0.5, 0.6) is 0 Å². The summed E-state index contributed by atoms with van der Waals surface area (Å²) in [6, 6.07) is 0. The molecule has 0 aromatic carbocycles. The predicted molar refractivity (Wildman–Crippen MR) is 117 cm³/mol. The van der Waals surface area contributed by atoms with E-state index in [1.807, 2.05) is 0 Å². The standard InChI is InChI=1S/C24H34O7/c1-5-23(15-21(29)13-11-19(27)9-7-17(3)25)31-24(6-2)16-22(30)14-12-20(28)10-8-18(4)26/h5-6,23-24H,1-2,7-16H2,3-4H3. The molecule has 0 aliphatic heterocycles. The summed E-state index contributed by atoms with van der Waals surface area (Å²) in [6.45, 7) is 10.1. The summed E-state index contributed by atoms with van der Waals surface area (Å²) in [5, 5.41) is 0. The van der Waals surface area contributed by atoms with Gasteiger partial charge in [-0.3, -0.25) is 19.2 Å². The highest BCUT2D eigenvalue weighted by molar-refractivity contribution is 5.89. The second kappa shape index (κ2) is 16.2. The third-order valence-electron chi connectivity index (χ3n) is 4.61. The molecule has 0 saturated carbocycles. The normalized spacial score (nSPS) is 12.5. The first-order chi connectivity index (χ1) is 14.6. The Bertz CT molecular complexity index is 632. The fourth-order valence-electron chi connectivity index (χ4n) is 2.69. The van der Waals surface area contributed by atoms with Crippen LogP contribution in [0.15, 0.2) is 25.3 Å². The second-order valence-corrected chi connectivity index (χ2v) is 7.65. The van der Waals surface area contributed by atoms with E-state index in [4.69, 9.17) is 4.74 Å². The molecule has 0 rings (SSSR count). The number of rotatable bonds is 20. The topological polar surface area (TPSA) is 112 Å². The van der Waals surface area contributed by atoms with Crippen LogP contribution in [0.3, 0.4) is 0 Å². The average Bonchev–Trinajstić information content (AvgIpc) is 2.71. The maximum absolute atomic E-state index is 12.1. The lowest BCUT2D eigenvalue weighted by atomic mass is 10.0. The fraction of sp³-hybridized carbons (Fsp3) is 0.583. The van der Waals surface area contributed by atoms with E-state index in [-0.39, 0.29) is 98.9 Å². The Hall–Kier alpha value is -2.54. The van der Waals surface area contributed by atoms with Gasteiger partial charge in [-0.2, -0.15) is 0 Å². The molecule has 31 heavy (non-hydrogen) atoms. The molecule has 2 atom stereocenters. The Labute approximate surface area is 184 Å². The van der Waals surface area contributed by atoms with E-state index >= 15 is 0 Å². The molecule has 0 fully saturated rings. The van der Waals surface area contributed by atoms with Crippen LogP contribution in [-0.4, -0.2) is 46.9 Å². The lowest BCUT2D eigenvalue weighted by Crippen LogP contribution is -2.24. The van der Waals surface area contributed by atoms with Gasteiger partial charge in [-0.1, -0.05) is 12.2 Å². The van der Waals surface area contributed by atoms with Gasteiger partial charge in [0.2, 0.25) is 0 Å². The number of ketones is 6. The van der Waals surface area contributed by atoms with Crippen LogP contribution in [0.4, 0.5) is 0 Å². The highest BCUT2D eigenvalue weighted by Gasteiger charge is 2.19. The molecule has 0 aromatic rings. The van der Waals surface area contributed by atoms with Gasteiger partial charge in [0, 0.05) is 64.2 Å². The molecular formula is C24H34O7. The van der Waals surface area contributed by atoms with Crippen molar-refractivity contribution >= 4 is 34.7 Å². The monoisotopic (exact) mass is 434 g/mol. The van der Waals surface area contributed by atoms with Crippen molar-refractivity contribution in [3.8, 4) is 0 Å². The minimum atomic E-state index is -0.632. The van der Waals surface area contributed by atoms with Gasteiger partial charge < -0.3 is 14.3 Å². The minimum absolute atomic E-state index is 0.0194. The van der Waals surface area contributed by atoms with Gasteiger partial charge in [0.15, 0.2) is 0 Å². The van der Waals surface area contributed by atoms with E-state index in [1.165, 1.54) is 26.0 Å². The number of carbonyl (C=O) groups is 6. The molecule has 0 amide bonds. The van der Waals surface area contributed by atoms with Crippen LogP contribution in [0.25, 0.3) is 0 Å². The minimum Gasteiger partial charge on any atom is -0.366 e. The Morgan fingerprint density at radius 3 is 1.16 bits per heavy atom. The van der Waals surface area contributed by atoms with Crippen LogP contribution in [0, 0.1) is 0 Å². The zero-order chi connectivity index (χ0) is 23.8. The van der Waals surface area contributed by atoms with Gasteiger partial charge in [-0.15, -0.1) is 13.2 Å². The summed E-state index contributed by atoms with van der Waals surface area (Å²) < 4.78 is 5.72. The van der Waals surface area contributed by atoms with Gasteiger partial charge in [0.05, 0.1) is 12.2 Å². The van der Waals surface area contributed by atoms with Crippen molar-refractivity contribution in [1.29, 1.82) is 0 Å². The Balaban J connectivity index is 4.39. The lowest BCUT2D eigenvalue weighted by Gasteiger charge is -2.19. The highest BCUT2D eigenvalue weighted by Crippen LogP contribution is 2.13. The number of hydrogen-bond donors (Lipinski definition) is 0. The summed E-state index contributed by atoms with van der Waals surface area (Å²) in [6.07, 6.45) is 2.62. The van der Waals surface area contributed by atoms with Gasteiger partial charge in [0.25, 0.3) is 0 Å². The van der Waals surface area contributed by atoms with Crippen molar-refractivity contribution in [2.45, 2.75) is 90.3 Å². The zero-order valence-electron chi connectivity index (χ0n) is 18.7. The molecule has 0 N–H and O–H groups in total. The van der Waals surface area contributed by atoms with Crippen molar-refractivity contribution in [2.75, 3.05) is 0 Å². The van der Waals surface area contributed by atoms with Gasteiger partial charge in [0.1, 0.15) is 34.7 Å². The first-order valence-electron chi connectivity index (χ1n) is 10.5. The summed E-state index contributed by atoms with van der Waals surface area (Å²) in [5.74, 6) is -0.743. The Morgan fingerprint density at radius 1 is 0.581 bits per heavy atom. The molecule has 0 bridgehead atoms.